The maximum absolute atomic E-state index is 11.9. The molecule has 0 saturated carbocycles. The number of hydrogen-bond acceptors (Lipinski definition) is 5. The number of nitrogens with one attached hydrogen (secondary N) is 1. The van der Waals surface area contributed by atoms with E-state index in [-0.39, 0.29) is 12.1 Å². The van der Waals surface area contributed by atoms with Crippen molar-refractivity contribution in [2.45, 2.75) is 71.4 Å². The topological polar surface area (TPSA) is 60.0 Å². The average Bonchev–Trinajstić information content (AvgIpc) is 3.19. The lowest BCUT2D eigenvalue weighted by atomic mass is 10.1. The lowest BCUT2D eigenvalue weighted by Gasteiger charge is -2.21. The van der Waals surface area contributed by atoms with Crippen LogP contribution in [0.5, 0.6) is 17.2 Å². The van der Waals surface area contributed by atoms with Crippen molar-refractivity contribution in [3.8, 4) is 17.2 Å². The summed E-state index contributed by atoms with van der Waals surface area (Å²) in [6.45, 7) is 7.76. The van der Waals surface area contributed by atoms with E-state index in [9.17, 15) is 4.79 Å². The van der Waals surface area contributed by atoms with Gasteiger partial charge in [-0.25, -0.2) is 0 Å². The van der Waals surface area contributed by atoms with Crippen molar-refractivity contribution in [3.63, 3.8) is 0 Å². The summed E-state index contributed by atoms with van der Waals surface area (Å²) in [6, 6.07) is 5.44. The van der Waals surface area contributed by atoms with Crippen molar-refractivity contribution < 1.29 is 19.0 Å². The highest BCUT2D eigenvalue weighted by Gasteiger charge is 2.14. The van der Waals surface area contributed by atoms with E-state index in [1.807, 2.05) is 19.1 Å². The van der Waals surface area contributed by atoms with Gasteiger partial charge < -0.3 is 24.4 Å². The van der Waals surface area contributed by atoms with Gasteiger partial charge in [0.1, 0.15) is 19.0 Å². The fourth-order valence-electron chi connectivity index (χ4n) is 3.39. The van der Waals surface area contributed by atoms with E-state index in [4.69, 9.17) is 14.2 Å². The van der Waals surface area contributed by atoms with Gasteiger partial charge in [0.25, 0.3) is 0 Å². The molecule has 2 aliphatic rings. The molecule has 2 heterocycles. The van der Waals surface area contributed by atoms with Crippen LogP contribution in [0.15, 0.2) is 18.2 Å². The minimum absolute atomic E-state index is 0.0338. The standard InChI is InChI=1S/C18H27NO4.C5H11N/c1-3-4-5-6-7-8-18(20)19-14(2)23-15-9-10-16-17(13-15)22-12-11-21-16;1-6-4-2-3-5-6/h9-10,13-14H,3-8,11-12H2,1-2H3,(H,19,20);2-5H2,1H3. The predicted molar refractivity (Wildman–Crippen MR) is 116 cm³/mol. The average molecular weight is 407 g/mol. The number of rotatable bonds is 9. The molecular formula is C23H38N2O4. The zero-order chi connectivity index (χ0) is 20.9. The molecule has 1 N–H and O–H groups in total. The summed E-state index contributed by atoms with van der Waals surface area (Å²) < 4.78 is 16.7. The Morgan fingerprint density at radius 2 is 1.79 bits per heavy atom. The monoisotopic (exact) mass is 406 g/mol. The molecule has 164 valence electrons. The highest BCUT2D eigenvalue weighted by atomic mass is 16.6. The predicted octanol–water partition coefficient (Wildman–Crippen LogP) is 4.37. The molecule has 0 spiro atoms. The van der Waals surface area contributed by atoms with Gasteiger partial charge in [-0.05, 0) is 58.5 Å². The second kappa shape index (κ2) is 13.3. The molecule has 1 fully saturated rings. The van der Waals surface area contributed by atoms with Crippen molar-refractivity contribution in [3.05, 3.63) is 18.2 Å². The Balaban J connectivity index is 0.000000426. The minimum Gasteiger partial charge on any atom is -0.486 e. The van der Waals surface area contributed by atoms with Gasteiger partial charge in [-0.1, -0.05) is 32.6 Å². The van der Waals surface area contributed by atoms with E-state index in [1.54, 1.807) is 6.07 Å². The maximum Gasteiger partial charge on any atom is 0.222 e. The van der Waals surface area contributed by atoms with E-state index in [1.165, 1.54) is 45.2 Å². The van der Waals surface area contributed by atoms with Crippen molar-refractivity contribution >= 4 is 5.91 Å². The van der Waals surface area contributed by atoms with Gasteiger partial charge in [0.15, 0.2) is 17.7 Å². The van der Waals surface area contributed by atoms with Crippen molar-refractivity contribution in [1.29, 1.82) is 0 Å². The first-order valence-corrected chi connectivity index (χ1v) is 11.1. The molecule has 6 heteroatoms. The summed E-state index contributed by atoms with van der Waals surface area (Å²) >= 11 is 0. The normalized spacial score (nSPS) is 16.5. The van der Waals surface area contributed by atoms with Crippen LogP contribution in [0.1, 0.15) is 65.2 Å². The number of amides is 1. The van der Waals surface area contributed by atoms with Gasteiger partial charge in [-0.3, -0.25) is 4.79 Å². The largest absolute Gasteiger partial charge is 0.486 e. The highest BCUT2D eigenvalue weighted by Crippen LogP contribution is 2.33. The lowest BCUT2D eigenvalue weighted by molar-refractivity contribution is -0.123. The van der Waals surface area contributed by atoms with Crippen LogP contribution in [-0.2, 0) is 4.79 Å². The molecule has 0 bridgehead atoms. The number of carbonyl (C=O) groups is 1. The number of hydrogen-bond donors (Lipinski definition) is 1. The second-order valence-corrected chi connectivity index (χ2v) is 7.81. The number of nitrogens with zero attached hydrogens (tertiary/aromatic N) is 1. The third-order valence-electron chi connectivity index (χ3n) is 5.03. The SMILES string of the molecule is CCCCCCCC(=O)NC(C)Oc1ccc2c(c1)OCCO2.CN1CCCC1. The Hall–Kier alpha value is -1.95. The molecule has 0 aliphatic carbocycles. The molecule has 2 aliphatic heterocycles. The first-order valence-electron chi connectivity index (χ1n) is 11.1. The van der Waals surface area contributed by atoms with Crippen LogP contribution in [0.4, 0.5) is 0 Å². The number of unbranched alkanes of at least 4 members (excludes halogenated alkanes) is 4. The molecular weight excluding hydrogens is 368 g/mol. The van der Waals surface area contributed by atoms with Crippen LogP contribution in [0, 0.1) is 0 Å². The number of carbonyl (C=O) groups excluding carboxylic acids is 1. The lowest BCUT2D eigenvalue weighted by Crippen LogP contribution is -2.36. The molecule has 1 saturated heterocycles. The van der Waals surface area contributed by atoms with E-state index < -0.39 is 0 Å². The molecule has 29 heavy (non-hydrogen) atoms. The van der Waals surface area contributed by atoms with Gasteiger partial charge in [0, 0.05) is 12.5 Å². The summed E-state index contributed by atoms with van der Waals surface area (Å²) in [5, 5.41) is 2.87. The van der Waals surface area contributed by atoms with Crippen LogP contribution in [0.3, 0.4) is 0 Å². The number of benzene rings is 1. The van der Waals surface area contributed by atoms with Gasteiger partial charge in [-0.2, -0.15) is 0 Å². The Morgan fingerprint density at radius 1 is 1.10 bits per heavy atom. The fourth-order valence-corrected chi connectivity index (χ4v) is 3.39. The van der Waals surface area contributed by atoms with Crippen LogP contribution in [-0.4, -0.2) is 50.4 Å². The summed E-state index contributed by atoms with van der Waals surface area (Å²) in [7, 11) is 2.17. The summed E-state index contributed by atoms with van der Waals surface area (Å²) in [5.41, 5.74) is 0. The number of ether oxygens (including phenoxy) is 3. The van der Waals surface area contributed by atoms with E-state index >= 15 is 0 Å². The van der Waals surface area contributed by atoms with Crippen LogP contribution >= 0.6 is 0 Å². The number of fused-ring (bicyclic) bond motifs is 1. The minimum atomic E-state index is -0.374. The van der Waals surface area contributed by atoms with Gasteiger partial charge in [-0.15, -0.1) is 0 Å². The molecule has 1 aromatic rings. The zero-order valence-electron chi connectivity index (χ0n) is 18.4. The molecule has 6 nitrogen and oxygen atoms in total. The number of likely N-dealkylation sites (tertiary alicyclic amines) is 1. The smallest absolute Gasteiger partial charge is 0.222 e. The molecule has 1 atom stereocenters. The van der Waals surface area contributed by atoms with Crippen LogP contribution in [0.2, 0.25) is 0 Å². The third-order valence-corrected chi connectivity index (χ3v) is 5.03. The summed E-state index contributed by atoms with van der Waals surface area (Å²) in [6.07, 6.45) is 8.71. The van der Waals surface area contributed by atoms with E-state index in [0.29, 0.717) is 31.1 Å². The third kappa shape index (κ3) is 9.39. The Labute approximate surface area is 175 Å². The summed E-state index contributed by atoms with van der Waals surface area (Å²) in [4.78, 5) is 14.2. The van der Waals surface area contributed by atoms with Gasteiger partial charge in [0.2, 0.25) is 5.91 Å². The van der Waals surface area contributed by atoms with Gasteiger partial charge >= 0.3 is 0 Å². The van der Waals surface area contributed by atoms with E-state index in [0.717, 1.165) is 18.6 Å². The Kier molecular flexibility index (Phi) is 10.7. The van der Waals surface area contributed by atoms with Crippen molar-refractivity contribution in [1.82, 2.24) is 10.2 Å². The van der Waals surface area contributed by atoms with Gasteiger partial charge in [0.05, 0.1) is 0 Å². The van der Waals surface area contributed by atoms with Crippen molar-refractivity contribution in [2.24, 2.45) is 0 Å². The Morgan fingerprint density at radius 3 is 2.45 bits per heavy atom. The quantitative estimate of drug-likeness (QED) is 0.487. The molecule has 1 aromatic carbocycles. The molecule has 1 unspecified atom stereocenters. The van der Waals surface area contributed by atoms with Crippen LogP contribution in [0.25, 0.3) is 0 Å². The Bertz CT molecular complexity index is 603. The molecule has 0 aromatic heterocycles. The molecule has 1 amide bonds. The first-order chi connectivity index (χ1) is 14.1. The maximum atomic E-state index is 11.9. The molecule has 3 rings (SSSR count). The van der Waals surface area contributed by atoms with Crippen LogP contribution < -0.4 is 19.5 Å². The summed E-state index contributed by atoms with van der Waals surface area (Å²) in [5.74, 6) is 2.10. The zero-order valence-corrected chi connectivity index (χ0v) is 18.4. The fraction of sp³-hybridized carbons (Fsp3) is 0.696. The first kappa shape index (κ1) is 23.3. The molecule has 0 radical (unpaired) electrons. The van der Waals surface area contributed by atoms with Crippen molar-refractivity contribution in [2.75, 3.05) is 33.4 Å². The highest BCUT2D eigenvalue weighted by molar-refractivity contribution is 5.76. The second-order valence-electron chi connectivity index (χ2n) is 7.81. The van der Waals surface area contributed by atoms with E-state index in [2.05, 4.69) is 24.2 Å².